The molecule has 0 spiro atoms. The van der Waals surface area contributed by atoms with Crippen molar-refractivity contribution in [3.05, 3.63) is 11.1 Å². The summed E-state index contributed by atoms with van der Waals surface area (Å²) < 4.78 is 0. The van der Waals surface area contributed by atoms with E-state index >= 15 is 0 Å². The number of halogens is 1. The van der Waals surface area contributed by atoms with Crippen LogP contribution in [0, 0.1) is 11.8 Å². The number of thiazole rings is 1. The average Bonchev–Trinajstić information content (AvgIpc) is 3.19. The molecule has 0 bridgehead atoms. The lowest BCUT2D eigenvalue weighted by molar-refractivity contribution is 0.319. The molecule has 0 aromatic carbocycles. The van der Waals surface area contributed by atoms with Gasteiger partial charge in [0.25, 0.3) is 0 Å². The summed E-state index contributed by atoms with van der Waals surface area (Å²) in [6.45, 7) is 7.61. The molecule has 0 radical (unpaired) electrons. The van der Waals surface area contributed by atoms with Crippen LogP contribution in [0.25, 0.3) is 0 Å². The van der Waals surface area contributed by atoms with Gasteiger partial charge in [-0.15, -0.1) is 35.3 Å². The van der Waals surface area contributed by atoms with Gasteiger partial charge < -0.3 is 15.1 Å². The number of rotatable bonds is 6. The molecule has 1 aromatic rings. The van der Waals surface area contributed by atoms with Crippen LogP contribution in [0.1, 0.15) is 38.8 Å². The first-order chi connectivity index (χ1) is 11.1. The number of nitrogens with zero attached hydrogens (tertiary/aromatic N) is 4. The zero-order valence-corrected chi connectivity index (χ0v) is 18.7. The van der Waals surface area contributed by atoms with E-state index in [0.29, 0.717) is 0 Å². The fraction of sp³-hybridized carbons (Fsp3) is 0.765. The Hall–Kier alpha value is -0.570. The lowest BCUT2D eigenvalue weighted by Gasteiger charge is -2.24. The van der Waals surface area contributed by atoms with Gasteiger partial charge >= 0.3 is 0 Å². The first kappa shape index (κ1) is 21.5. The predicted octanol–water partition coefficient (Wildman–Crippen LogP) is 3.66. The van der Waals surface area contributed by atoms with Crippen molar-refractivity contribution >= 4 is 46.4 Å². The lowest BCUT2D eigenvalue weighted by Crippen LogP contribution is -2.40. The van der Waals surface area contributed by atoms with Crippen LogP contribution in [0.3, 0.4) is 0 Å². The van der Waals surface area contributed by atoms with Gasteiger partial charge in [-0.05, 0) is 18.3 Å². The van der Waals surface area contributed by atoms with Crippen LogP contribution < -0.4 is 10.2 Å². The highest BCUT2D eigenvalue weighted by molar-refractivity contribution is 14.0. The second-order valence-electron chi connectivity index (χ2n) is 6.49. The number of hydrogen-bond acceptors (Lipinski definition) is 4. The van der Waals surface area contributed by atoms with E-state index in [1.165, 1.54) is 19.3 Å². The van der Waals surface area contributed by atoms with Crippen LogP contribution in [0.5, 0.6) is 0 Å². The minimum absolute atomic E-state index is 0. The highest BCUT2D eigenvalue weighted by Crippen LogP contribution is 2.28. The Morgan fingerprint density at radius 3 is 2.71 bits per heavy atom. The SMILES string of the molecule is CCC(CC)C1CCN(C(=NC)NCc2csc(N(C)C)n2)C1.I. The number of anilines is 1. The minimum atomic E-state index is 0. The second-order valence-corrected chi connectivity index (χ2v) is 7.32. The maximum absolute atomic E-state index is 4.62. The summed E-state index contributed by atoms with van der Waals surface area (Å²) in [6.07, 6.45) is 3.86. The van der Waals surface area contributed by atoms with Crippen molar-refractivity contribution in [1.82, 2.24) is 15.2 Å². The van der Waals surface area contributed by atoms with Crippen LogP contribution >= 0.6 is 35.3 Å². The first-order valence-corrected chi connectivity index (χ1v) is 9.54. The molecular weight excluding hydrogens is 433 g/mol. The number of aromatic nitrogens is 1. The Kier molecular flexibility index (Phi) is 9.33. The molecule has 7 heteroatoms. The topological polar surface area (TPSA) is 43.8 Å². The van der Waals surface area contributed by atoms with E-state index in [1.807, 2.05) is 26.0 Å². The molecule has 2 heterocycles. The van der Waals surface area contributed by atoms with Crippen molar-refractivity contribution in [1.29, 1.82) is 0 Å². The third-order valence-corrected chi connectivity index (χ3v) is 5.86. The highest BCUT2D eigenvalue weighted by atomic mass is 127. The Labute approximate surface area is 168 Å². The molecule has 1 aromatic heterocycles. The molecule has 2 rings (SSSR count). The summed E-state index contributed by atoms with van der Waals surface area (Å²) in [5.74, 6) is 2.67. The molecule has 0 saturated carbocycles. The molecule has 0 aliphatic carbocycles. The van der Waals surface area contributed by atoms with Crippen LogP contribution in [-0.4, -0.2) is 50.1 Å². The van der Waals surface area contributed by atoms with Crippen LogP contribution in [0.2, 0.25) is 0 Å². The largest absolute Gasteiger partial charge is 0.354 e. The van der Waals surface area contributed by atoms with Crippen molar-refractivity contribution in [3.8, 4) is 0 Å². The van der Waals surface area contributed by atoms with Crippen LogP contribution in [-0.2, 0) is 6.54 Å². The molecule has 1 saturated heterocycles. The normalized spacial score (nSPS) is 18.0. The third-order valence-electron chi connectivity index (χ3n) is 4.80. The van der Waals surface area contributed by atoms with Gasteiger partial charge in [-0.1, -0.05) is 26.7 Å². The molecule has 1 unspecified atom stereocenters. The average molecular weight is 465 g/mol. The van der Waals surface area contributed by atoms with Crippen molar-refractivity contribution in [2.75, 3.05) is 39.1 Å². The molecule has 24 heavy (non-hydrogen) atoms. The lowest BCUT2D eigenvalue weighted by atomic mass is 9.87. The van der Waals surface area contributed by atoms with Gasteiger partial charge in [0.15, 0.2) is 11.1 Å². The van der Waals surface area contributed by atoms with Crippen molar-refractivity contribution < 1.29 is 0 Å². The van der Waals surface area contributed by atoms with Gasteiger partial charge in [-0.2, -0.15) is 0 Å². The Balaban J connectivity index is 0.00000288. The zero-order chi connectivity index (χ0) is 16.8. The number of nitrogens with one attached hydrogen (secondary N) is 1. The van der Waals surface area contributed by atoms with Gasteiger partial charge in [0.05, 0.1) is 12.2 Å². The summed E-state index contributed by atoms with van der Waals surface area (Å²) in [5.41, 5.74) is 1.08. The Morgan fingerprint density at radius 1 is 1.46 bits per heavy atom. The van der Waals surface area contributed by atoms with Gasteiger partial charge in [0.2, 0.25) is 0 Å². The minimum Gasteiger partial charge on any atom is -0.354 e. The van der Waals surface area contributed by atoms with Crippen LogP contribution in [0.4, 0.5) is 5.13 Å². The van der Waals surface area contributed by atoms with E-state index in [4.69, 9.17) is 0 Å². The van der Waals surface area contributed by atoms with E-state index < -0.39 is 0 Å². The predicted molar refractivity (Wildman–Crippen MR) is 116 cm³/mol. The van der Waals surface area contributed by atoms with Crippen molar-refractivity contribution in [3.63, 3.8) is 0 Å². The maximum atomic E-state index is 4.62. The van der Waals surface area contributed by atoms with E-state index in [1.54, 1.807) is 11.3 Å². The van der Waals surface area contributed by atoms with E-state index in [2.05, 4.69) is 39.4 Å². The van der Waals surface area contributed by atoms with Gasteiger partial charge in [-0.25, -0.2) is 4.98 Å². The number of hydrogen-bond donors (Lipinski definition) is 1. The molecular formula is C17H32IN5S. The smallest absolute Gasteiger partial charge is 0.193 e. The molecule has 1 aliphatic rings. The molecule has 0 amide bonds. The van der Waals surface area contributed by atoms with Crippen molar-refractivity contribution in [2.45, 2.75) is 39.7 Å². The van der Waals surface area contributed by atoms with Gasteiger partial charge in [0, 0.05) is 39.6 Å². The fourth-order valence-corrected chi connectivity index (χ4v) is 4.16. The Morgan fingerprint density at radius 2 is 2.17 bits per heavy atom. The van der Waals surface area contributed by atoms with Gasteiger partial charge in [0.1, 0.15) is 0 Å². The van der Waals surface area contributed by atoms with E-state index in [-0.39, 0.29) is 24.0 Å². The van der Waals surface area contributed by atoms with Crippen molar-refractivity contribution in [2.24, 2.45) is 16.8 Å². The number of aliphatic imine (C=N–C) groups is 1. The summed E-state index contributed by atoms with van der Waals surface area (Å²) >= 11 is 1.68. The second kappa shape index (κ2) is 10.4. The monoisotopic (exact) mass is 465 g/mol. The zero-order valence-electron chi connectivity index (χ0n) is 15.6. The summed E-state index contributed by atoms with van der Waals surface area (Å²) in [7, 11) is 5.92. The maximum Gasteiger partial charge on any atom is 0.193 e. The first-order valence-electron chi connectivity index (χ1n) is 8.66. The van der Waals surface area contributed by atoms with E-state index in [0.717, 1.165) is 48.3 Å². The number of guanidine groups is 1. The van der Waals surface area contributed by atoms with Gasteiger partial charge in [-0.3, -0.25) is 4.99 Å². The molecule has 1 atom stereocenters. The highest BCUT2D eigenvalue weighted by Gasteiger charge is 2.29. The Bertz CT molecular complexity index is 513. The quantitative estimate of drug-likeness (QED) is 0.396. The third kappa shape index (κ3) is 5.47. The van der Waals surface area contributed by atoms with Crippen LogP contribution in [0.15, 0.2) is 10.4 Å². The molecule has 1 fully saturated rings. The molecule has 1 aliphatic heterocycles. The summed E-state index contributed by atoms with van der Waals surface area (Å²) in [4.78, 5) is 13.5. The molecule has 5 nitrogen and oxygen atoms in total. The number of likely N-dealkylation sites (tertiary alicyclic amines) is 1. The molecule has 138 valence electrons. The summed E-state index contributed by atoms with van der Waals surface area (Å²) in [6, 6.07) is 0. The standard InChI is InChI=1S/C17H31N5S.HI/c1-6-13(7-2)14-8-9-22(11-14)16(18-3)19-10-15-12-23-17(20-15)21(4)5;/h12-14H,6-11H2,1-5H3,(H,18,19);1H. The van der Waals surface area contributed by atoms with E-state index in [9.17, 15) is 0 Å². The fourth-order valence-electron chi connectivity index (χ4n) is 3.40. The summed E-state index contributed by atoms with van der Waals surface area (Å²) in [5, 5.41) is 6.64. The molecule has 1 N–H and O–H groups in total.